The van der Waals surface area contributed by atoms with E-state index < -0.39 is 0 Å². The van der Waals surface area contributed by atoms with Crippen LogP contribution in [0.4, 0.5) is 4.79 Å². The highest BCUT2D eigenvalue weighted by atomic mass is 16.5. The van der Waals surface area contributed by atoms with Gasteiger partial charge in [0.25, 0.3) is 0 Å². The van der Waals surface area contributed by atoms with Gasteiger partial charge in [-0.1, -0.05) is 45.0 Å². The summed E-state index contributed by atoms with van der Waals surface area (Å²) in [5.41, 5.74) is 2.49. The summed E-state index contributed by atoms with van der Waals surface area (Å²) in [5.74, 6) is 0. The number of methoxy groups -OCH3 is 1. The van der Waals surface area contributed by atoms with E-state index in [0.29, 0.717) is 6.54 Å². The Kier molecular flexibility index (Phi) is 5.01. The molecular formula is C14H21NO2. The Morgan fingerprint density at radius 1 is 1.41 bits per heavy atom. The summed E-state index contributed by atoms with van der Waals surface area (Å²) in [5, 5.41) is 0. The molecule has 1 heterocycles. The second-order valence-electron chi connectivity index (χ2n) is 3.72. The van der Waals surface area contributed by atoms with Gasteiger partial charge < -0.3 is 4.74 Å². The molecule has 0 spiro atoms. The molecule has 2 rings (SSSR count). The van der Waals surface area contributed by atoms with Crippen molar-refractivity contribution in [1.82, 2.24) is 4.90 Å². The first-order valence-electron chi connectivity index (χ1n) is 6.20. The van der Waals surface area contributed by atoms with Gasteiger partial charge in [-0.25, -0.2) is 4.79 Å². The van der Waals surface area contributed by atoms with Crippen LogP contribution in [0.15, 0.2) is 24.3 Å². The second-order valence-corrected chi connectivity index (χ2v) is 3.72. The Balaban J connectivity index is 0.000000686. The summed E-state index contributed by atoms with van der Waals surface area (Å²) in [6.07, 6.45) is 0.685. The summed E-state index contributed by atoms with van der Waals surface area (Å²) in [6.45, 7) is 6.75. The van der Waals surface area contributed by atoms with Crippen LogP contribution in [-0.2, 0) is 11.3 Å². The Labute approximate surface area is 103 Å². The molecule has 1 atom stereocenters. The lowest BCUT2D eigenvalue weighted by Gasteiger charge is -2.22. The van der Waals surface area contributed by atoms with E-state index in [2.05, 4.69) is 19.1 Å². The molecule has 0 saturated heterocycles. The third-order valence-electron chi connectivity index (χ3n) is 2.93. The Hall–Kier alpha value is -1.51. The molecule has 1 aromatic rings. The molecule has 1 amide bonds. The van der Waals surface area contributed by atoms with Crippen molar-refractivity contribution in [2.75, 3.05) is 7.11 Å². The molecule has 1 aliphatic rings. The number of ether oxygens (including phenoxy) is 1. The number of benzene rings is 1. The number of carbonyl (C=O) groups excluding carboxylic acids is 1. The first-order chi connectivity index (χ1) is 8.27. The average molecular weight is 235 g/mol. The third-order valence-corrected chi connectivity index (χ3v) is 2.93. The molecule has 17 heavy (non-hydrogen) atoms. The van der Waals surface area contributed by atoms with Gasteiger partial charge in [0, 0.05) is 6.54 Å². The van der Waals surface area contributed by atoms with Crippen LogP contribution in [0.1, 0.15) is 44.4 Å². The summed E-state index contributed by atoms with van der Waals surface area (Å²) < 4.78 is 4.78. The lowest BCUT2D eigenvalue weighted by molar-refractivity contribution is 0.107. The molecule has 3 heteroatoms. The first kappa shape index (κ1) is 13.6. The van der Waals surface area contributed by atoms with E-state index in [9.17, 15) is 4.79 Å². The maximum Gasteiger partial charge on any atom is 0.410 e. The second kappa shape index (κ2) is 6.28. The van der Waals surface area contributed by atoms with Gasteiger partial charge in [-0.3, -0.25) is 4.90 Å². The lowest BCUT2D eigenvalue weighted by Crippen LogP contribution is -2.28. The van der Waals surface area contributed by atoms with Crippen LogP contribution >= 0.6 is 0 Å². The van der Waals surface area contributed by atoms with Crippen LogP contribution in [-0.4, -0.2) is 18.1 Å². The third kappa shape index (κ3) is 2.60. The van der Waals surface area contributed by atoms with E-state index in [1.165, 1.54) is 18.2 Å². The zero-order valence-corrected chi connectivity index (χ0v) is 11.1. The van der Waals surface area contributed by atoms with Gasteiger partial charge in [0.05, 0.1) is 13.2 Å². The standard InChI is InChI=1S/C12H15NO2.C2H6/c1-3-11-10-7-5-4-6-9(10)8-13(11)12(14)15-2;1-2/h4-7,11H,3,8H2,1-2H3;1-2H3. The van der Waals surface area contributed by atoms with Crippen LogP contribution < -0.4 is 0 Å². The zero-order chi connectivity index (χ0) is 12.8. The van der Waals surface area contributed by atoms with Crippen LogP contribution in [0.5, 0.6) is 0 Å². The zero-order valence-electron chi connectivity index (χ0n) is 11.1. The molecule has 1 unspecified atom stereocenters. The van der Waals surface area contributed by atoms with Crippen LogP contribution in [0, 0.1) is 0 Å². The van der Waals surface area contributed by atoms with Crippen molar-refractivity contribution < 1.29 is 9.53 Å². The van der Waals surface area contributed by atoms with Crippen LogP contribution in [0.25, 0.3) is 0 Å². The average Bonchev–Trinajstić information content (AvgIpc) is 2.78. The fourth-order valence-electron chi connectivity index (χ4n) is 2.21. The minimum absolute atomic E-state index is 0.175. The molecule has 94 valence electrons. The number of carbonyl (C=O) groups is 1. The van der Waals surface area contributed by atoms with Crippen molar-refractivity contribution in [2.45, 2.75) is 39.8 Å². The Morgan fingerprint density at radius 2 is 2.06 bits per heavy atom. The van der Waals surface area contributed by atoms with Gasteiger partial charge in [-0.15, -0.1) is 0 Å². The Bertz CT molecular complexity index is 376. The quantitative estimate of drug-likeness (QED) is 0.742. The number of hydrogen-bond donors (Lipinski definition) is 0. The van der Waals surface area contributed by atoms with Crippen molar-refractivity contribution in [3.05, 3.63) is 35.4 Å². The van der Waals surface area contributed by atoms with E-state index in [4.69, 9.17) is 4.74 Å². The molecule has 1 aromatic carbocycles. The molecule has 1 aliphatic heterocycles. The van der Waals surface area contributed by atoms with Crippen molar-refractivity contribution in [3.63, 3.8) is 0 Å². The number of amides is 1. The fraction of sp³-hybridized carbons (Fsp3) is 0.500. The summed E-state index contributed by atoms with van der Waals surface area (Å²) in [4.78, 5) is 13.3. The molecule has 0 saturated carbocycles. The molecule has 0 radical (unpaired) electrons. The maximum absolute atomic E-state index is 11.6. The maximum atomic E-state index is 11.6. The topological polar surface area (TPSA) is 29.5 Å². The van der Waals surface area contributed by atoms with Gasteiger partial charge in [0.1, 0.15) is 0 Å². The van der Waals surface area contributed by atoms with Crippen molar-refractivity contribution in [2.24, 2.45) is 0 Å². The predicted octanol–water partition coefficient (Wildman–Crippen LogP) is 3.75. The van der Waals surface area contributed by atoms with Crippen LogP contribution in [0.3, 0.4) is 0 Å². The van der Waals surface area contributed by atoms with Gasteiger partial charge >= 0.3 is 6.09 Å². The normalized spacial score (nSPS) is 16.9. The van der Waals surface area contributed by atoms with E-state index >= 15 is 0 Å². The van der Waals surface area contributed by atoms with Gasteiger partial charge in [-0.05, 0) is 17.5 Å². The predicted molar refractivity (Wildman–Crippen MR) is 68.8 cm³/mol. The lowest BCUT2D eigenvalue weighted by atomic mass is 10.0. The fourth-order valence-corrected chi connectivity index (χ4v) is 2.21. The van der Waals surface area contributed by atoms with E-state index in [-0.39, 0.29) is 12.1 Å². The molecule has 0 aromatic heterocycles. The number of fused-ring (bicyclic) bond motifs is 1. The molecule has 0 aliphatic carbocycles. The van der Waals surface area contributed by atoms with Crippen molar-refractivity contribution >= 4 is 6.09 Å². The van der Waals surface area contributed by atoms with Gasteiger partial charge in [-0.2, -0.15) is 0 Å². The molecule has 0 N–H and O–H groups in total. The highest BCUT2D eigenvalue weighted by molar-refractivity contribution is 5.69. The van der Waals surface area contributed by atoms with Crippen molar-refractivity contribution in [1.29, 1.82) is 0 Å². The van der Waals surface area contributed by atoms with Gasteiger partial charge in [0.2, 0.25) is 0 Å². The number of rotatable bonds is 1. The largest absolute Gasteiger partial charge is 0.453 e. The van der Waals surface area contributed by atoms with Crippen LogP contribution in [0.2, 0.25) is 0 Å². The number of nitrogens with zero attached hydrogens (tertiary/aromatic N) is 1. The summed E-state index contributed by atoms with van der Waals surface area (Å²) in [6, 6.07) is 8.36. The Morgan fingerprint density at radius 3 is 2.65 bits per heavy atom. The highest BCUT2D eigenvalue weighted by Crippen LogP contribution is 2.35. The molecule has 0 bridgehead atoms. The van der Waals surface area contributed by atoms with Gasteiger partial charge in [0.15, 0.2) is 0 Å². The first-order valence-corrected chi connectivity index (χ1v) is 6.20. The minimum atomic E-state index is -0.238. The molecule has 0 fully saturated rings. The monoisotopic (exact) mass is 235 g/mol. The summed E-state index contributed by atoms with van der Waals surface area (Å²) in [7, 11) is 1.43. The highest BCUT2D eigenvalue weighted by Gasteiger charge is 2.32. The molecular weight excluding hydrogens is 214 g/mol. The van der Waals surface area contributed by atoms with Crippen molar-refractivity contribution in [3.8, 4) is 0 Å². The summed E-state index contributed by atoms with van der Waals surface area (Å²) >= 11 is 0. The SMILES string of the molecule is CC.CCC1c2ccccc2CN1C(=O)OC. The van der Waals surface area contributed by atoms with E-state index in [1.54, 1.807) is 4.90 Å². The molecule has 3 nitrogen and oxygen atoms in total. The smallest absolute Gasteiger partial charge is 0.410 e. The van der Waals surface area contributed by atoms with E-state index in [1.807, 2.05) is 26.0 Å². The van der Waals surface area contributed by atoms with E-state index in [0.717, 1.165) is 6.42 Å². The minimum Gasteiger partial charge on any atom is -0.453 e. The number of hydrogen-bond acceptors (Lipinski definition) is 2.